The van der Waals surface area contributed by atoms with Gasteiger partial charge in [0.05, 0.1) is 7.05 Å². The summed E-state index contributed by atoms with van der Waals surface area (Å²) in [6, 6.07) is 0.430. The van der Waals surface area contributed by atoms with Crippen LogP contribution in [-0.2, 0) is 13.5 Å². The average Bonchev–Trinajstić information content (AvgIpc) is 2.58. The van der Waals surface area contributed by atoms with Crippen molar-refractivity contribution in [3.05, 3.63) is 5.82 Å². The van der Waals surface area contributed by atoms with E-state index in [9.17, 15) is 0 Å². The maximum atomic E-state index is 4.24. The van der Waals surface area contributed by atoms with E-state index in [1.165, 1.54) is 4.80 Å². The molecule has 0 bridgehead atoms. The van der Waals surface area contributed by atoms with E-state index in [1.54, 1.807) is 7.05 Å². The van der Waals surface area contributed by atoms with Crippen molar-refractivity contribution < 1.29 is 0 Å². The van der Waals surface area contributed by atoms with Crippen LogP contribution in [0.3, 0.4) is 0 Å². The van der Waals surface area contributed by atoms with Gasteiger partial charge in [0.1, 0.15) is 0 Å². The van der Waals surface area contributed by atoms with Crippen LogP contribution in [0, 0.1) is 5.41 Å². The van der Waals surface area contributed by atoms with Crippen LogP contribution in [-0.4, -0.2) is 32.8 Å². The van der Waals surface area contributed by atoms with Crippen molar-refractivity contribution in [3.8, 4) is 0 Å². The molecule has 0 saturated heterocycles. The monoisotopic (exact) mass is 239 g/mol. The minimum atomic E-state index is 0.313. The van der Waals surface area contributed by atoms with Gasteiger partial charge in [0.2, 0.25) is 0 Å². The van der Waals surface area contributed by atoms with Gasteiger partial charge in [0.25, 0.3) is 0 Å². The standard InChI is InChI=1S/C12H25N5/c1-6-7-13-10(9-12(2,3)4)8-11-14-16-17(5)15-11/h10,13H,6-9H2,1-5H3. The lowest BCUT2D eigenvalue weighted by atomic mass is 9.87. The van der Waals surface area contributed by atoms with Gasteiger partial charge in [0, 0.05) is 12.5 Å². The second kappa shape index (κ2) is 6.10. The first-order valence-electron chi connectivity index (χ1n) is 6.37. The first-order valence-corrected chi connectivity index (χ1v) is 6.37. The molecule has 0 spiro atoms. The molecular formula is C12H25N5. The highest BCUT2D eigenvalue weighted by molar-refractivity contribution is 4.86. The Morgan fingerprint density at radius 2 is 2.06 bits per heavy atom. The molecular weight excluding hydrogens is 214 g/mol. The van der Waals surface area contributed by atoms with Crippen molar-refractivity contribution in [2.75, 3.05) is 6.54 Å². The van der Waals surface area contributed by atoms with Gasteiger partial charge in [-0.05, 0) is 30.0 Å². The van der Waals surface area contributed by atoms with E-state index in [4.69, 9.17) is 0 Å². The van der Waals surface area contributed by atoms with Crippen molar-refractivity contribution in [1.82, 2.24) is 25.5 Å². The Morgan fingerprint density at radius 1 is 1.35 bits per heavy atom. The van der Waals surface area contributed by atoms with Crippen LogP contribution >= 0.6 is 0 Å². The molecule has 1 rings (SSSR count). The third kappa shape index (κ3) is 5.77. The minimum Gasteiger partial charge on any atom is -0.314 e. The Balaban J connectivity index is 2.56. The molecule has 0 radical (unpaired) electrons. The number of nitrogens with one attached hydrogen (secondary N) is 1. The lowest BCUT2D eigenvalue weighted by molar-refractivity contribution is 0.304. The number of aryl methyl sites for hydroxylation is 1. The predicted molar refractivity (Wildman–Crippen MR) is 68.7 cm³/mol. The van der Waals surface area contributed by atoms with Gasteiger partial charge < -0.3 is 5.32 Å². The molecule has 0 aromatic carbocycles. The molecule has 0 aliphatic heterocycles. The SMILES string of the molecule is CCCNC(Cc1nnn(C)n1)CC(C)(C)C. The quantitative estimate of drug-likeness (QED) is 0.818. The van der Waals surface area contributed by atoms with Crippen LogP contribution < -0.4 is 5.32 Å². The van der Waals surface area contributed by atoms with Crippen LogP contribution in [0.15, 0.2) is 0 Å². The molecule has 1 unspecified atom stereocenters. The fourth-order valence-corrected chi connectivity index (χ4v) is 1.93. The molecule has 5 heteroatoms. The van der Waals surface area contributed by atoms with Crippen molar-refractivity contribution in [2.45, 2.75) is 53.0 Å². The van der Waals surface area contributed by atoms with Crippen LogP contribution in [0.4, 0.5) is 0 Å². The van der Waals surface area contributed by atoms with Crippen LogP contribution in [0.1, 0.15) is 46.4 Å². The number of rotatable bonds is 6. The van der Waals surface area contributed by atoms with Crippen molar-refractivity contribution in [3.63, 3.8) is 0 Å². The topological polar surface area (TPSA) is 55.6 Å². The summed E-state index contributed by atoms with van der Waals surface area (Å²) >= 11 is 0. The lowest BCUT2D eigenvalue weighted by Crippen LogP contribution is -2.35. The Bertz CT molecular complexity index is 326. The van der Waals surface area contributed by atoms with Gasteiger partial charge in [-0.1, -0.05) is 27.7 Å². The van der Waals surface area contributed by atoms with E-state index in [0.29, 0.717) is 11.5 Å². The number of tetrazole rings is 1. The average molecular weight is 239 g/mol. The second-order valence-corrected chi connectivity index (χ2v) is 5.82. The maximum Gasteiger partial charge on any atom is 0.176 e. The predicted octanol–water partition coefficient (Wildman–Crippen LogP) is 1.56. The molecule has 1 aromatic heterocycles. The zero-order chi connectivity index (χ0) is 12.9. The molecule has 0 saturated carbocycles. The Labute approximate surface area is 104 Å². The van der Waals surface area contributed by atoms with Crippen LogP contribution in [0.25, 0.3) is 0 Å². The van der Waals surface area contributed by atoms with Crippen LogP contribution in [0.5, 0.6) is 0 Å². The summed E-state index contributed by atoms with van der Waals surface area (Å²) in [4.78, 5) is 1.52. The Hall–Kier alpha value is -0.970. The van der Waals surface area contributed by atoms with Gasteiger partial charge >= 0.3 is 0 Å². The Kier molecular flexibility index (Phi) is 5.05. The first kappa shape index (κ1) is 14.1. The van der Waals surface area contributed by atoms with Crippen LogP contribution in [0.2, 0.25) is 0 Å². The largest absolute Gasteiger partial charge is 0.314 e. The van der Waals surface area contributed by atoms with Gasteiger partial charge in [-0.2, -0.15) is 4.80 Å². The normalized spacial score (nSPS) is 13.9. The molecule has 98 valence electrons. The first-order chi connectivity index (χ1) is 7.90. The molecule has 1 aromatic rings. The van der Waals surface area contributed by atoms with E-state index in [-0.39, 0.29) is 0 Å². The van der Waals surface area contributed by atoms with Gasteiger partial charge in [-0.15, -0.1) is 10.2 Å². The smallest absolute Gasteiger partial charge is 0.176 e. The van der Waals surface area contributed by atoms with Gasteiger partial charge in [-0.3, -0.25) is 0 Å². The highest BCUT2D eigenvalue weighted by atomic mass is 15.6. The molecule has 1 heterocycles. The summed E-state index contributed by atoms with van der Waals surface area (Å²) in [5.41, 5.74) is 0.313. The second-order valence-electron chi connectivity index (χ2n) is 5.82. The number of hydrogen-bond donors (Lipinski definition) is 1. The zero-order valence-corrected chi connectivity index (χ0v) is 11.7. The van der Waals surface area contributed by atoms with E-state index < -0.39 is 0 Å². The van der Waals surface area contributed by atoms with E-state index in [1.807, 2.05) is 0 Å². The molecule has 0 amide bonds. The summed E-state index contributed by atoms with van der Waals surface area (Å²) in [6.45, 7) is 10.0. The van der Waals surface area contributed by atoms with E-state index >= 15 is 0 Å². The molecule has 5 nitrogen and oxygen atoms in total. The molecule has 0 fully saturated rings. The Morgan fingerprint density at radius 3 is 2.53 bits per heavy atom. The zero-order valence-electron chi connectivity index (χ0n) is 11.7. The summed E-state index contributed by atoms with van der Waals surface area (Å²) in [7, 11) is 1.80. The highest BCUT2D eigenvalue weighted by Gasteiger charge is 2.20. The lowest BCUT2D eigenvalue weighted by Gasteiger charge is -2.26. The minimum absolute atomic E-state index is 0.313. The van der Waals surface area contributed by atoms with Gasteiger partial charge in [-0.25, -0.2) is 0 Å². The van der Waals surface area contributed by atoms with Crippen molar-refractivity contribution in [1.29, 1.82) is 0 Å². The summed E-state index contributed by atoms with van der Waals surface area (Å²) < 4.78 is 0. The fourth-order valence-electron chi connectivity index (χ4n) is 1.93. The summed E-state index contributed by atoms with van der Waals surface area (Å²) in [5.74, 6) is 0.824. The fraction of sp³-hybridized carbons (Fsp3) is 0.917. The van der Waals surface area contributed by atoms with E-state index in [2.05, 4.69) is 48.4 Å². The molecule has 0 aliphatic rings. The van der Waals surface area contributed by atoms with Gasteiger partial charge in [0.15, 0.2) is 5.82 Å². The third-order valence-electron chi connectivity index (χ3n) is 2.52. The number of nitrogens with zero attached hydrogens (tertiary/aromatic N) is 4. The molecule has 1 N–H and O–H groups in total. The maximum absolute atomic E-state index is 4.24. The molecule has 0 aliphatic carbocycles. The third-order valence-corrected chi connectivity index (χ3v) is 2.52. The number of hydrogen-bond acceptors (Lipinski definition) is 4. The van der Waals surface area contributed by atoms with Crippen molar-refractivity contribution in [2.24, 2.45) is 12.5 Å². The highest BCUT2D eigenvalue weighted by Crippen LogP contribution is 2.21. The molecule has 17 heavy (non-hydrogen) atoms. The van der Waals surface area contributed by atoms with E-state index in [0.717, 1.165) is 31.6 Å². The summed E-state index contributed by atoms with van der Waals surface area (Å²) in [6.07, 6.45) is 3.12. The molecule has 1 atom stereocenters. The summed E-state index contributed by atoms with van der Waals surface area (Å²) in [5, 5.41) is 15.7. The van der Waals surface area contributed by atoms with Crippen molar-refractivity contribution >= 4 is 0 Å². The number of aromatic nitrogens is 4.